The summed E-state index contributed by atoms with van der Waals surface area (Å²) < 4.78 is 6.95. The quantitative estimate of drug-likeness (QED) is 0.481. The smallest absolute Gasteiger partial charge is 0.295 e. The third-order valence-corrected chi connectivity index (χ3v) is 5.02. The first-order valence-corrected chi connectivity index (χ1v) is 9.25. The lowest BCUT2D eigenvalue weighted by molar-refractivity contribution is -0.792. The van der Waals surface area contributed by atoms with Gasteiger partial charge in [0.05, 0.1) is 17.7 Å². The average molecular weight is 446 g/mol. The molecule has 0 saturated carbocycles. The number of benzene rings is 1. The molecule has 0 fully saturated rings. The van der Waals surface area contributed by atoms with Crippen LogP contribution in [0.3, 0.4) is 0 Å². The van der Waals surface area contributed by atoms with Crippen molar-refractivity contribution < 1.29 is 29.7 Å². The molecule has 1 aliphatic heterocycles. The highest BCUT2D eigenvalue weighted by Gasteiger charge is 2.44. The van der Waals surface area contributed by atoms with E-state index in [4.69, 9.17) is 4.74 Å². The molecule has 0 bridgehead atoms. The van der Waals surface area contributed by atoms with E-state index >= 15 is 0 Å². The summed E-state index contributed by atoms with van der Waals surface area (Å²) in [5, 5.41) is 39.4. The first-order valence-electron chi connectivity index (χ1n) is 9.25. The van der Waals surface area contributed by atoms with Gasteiger partial charge in [-0.15, -0.1) is 20.2 Å². The van der Waals surface area contributed by atoms with E-state index in [0.717, 1.165) is 10.6 Å². The van der Waals surface area contributed by atoms with Crippen molar-refractivity contribution in [2.75, 3.05) is 6.61 Å². The SMILES string of the molecule is CC1(C)Oc2ccc(C#N)cc2[C@@H](n2cc(C(CO[N+](=O)[O-])O[N+](=O)[O-])ccc2=O)[C@@H]1O. The van der Waals surface area contributed by atoms with Gasteiger partial charge in [0.25, 0.3) is 15.7 Å². The summed E-state index contributed by atoms with van der Waals surface area (Å²) in [5.74, 6) is 0.344. The van der Waals surface area contributed by atoms with Crippen LogP contribution in [0.15, 0.2) is 41.3 Å². The number of nitriles is 1. The van der Waals surface area contributed by atoms with Crippen LogP contribution in [0.25, 0.3) is 0 Å². The molecule has 1 unspecified atom stereocenters. The van der Waals surface area contributed by atoms with Gasteiger partial charge in [-0.1, -0.05) is 0 Å². The van der Waals surface area contributed by atoms with Crippen LogP contribution in [0.2, 0.25) is 0 Å². The number of hydrogen-bond acceptors (Lipinski definition) is 10. The van der Waals surface area contributed by atoms with Gasteiger partial charge in [-0.05, 0) is 43.7 Å². The molecular formula is C19H18N4O9. The van der Waals surface area contributed by atoms with E-state index in [1.165, 1.54) is 24.4 Å². The minimum atomic E-state index is -1.52. The number of ether oxygens (including phenoxy) is 1. The highest BCUT2D eigenvalue weighted by Crippen LogP contribution is 2.42. The lowest BCUT2D eigenvalue weighted by atomic mass is 9.85. The molecule has 3 atom stereocenters. The van der Waals surface area contributed by atoms with Gasteiger partial charge < -0.3 is 24.1 Å². The largest absolute Gasteiger partial charge is 0.485 e. The molecule has 1 N–H and O–H groups in total. The third-order valence-electron chi connectivity index (χ3n) is 5.02. The molecule has 2 aromatic rings. The number of pyridine rings is 1. The number of rotatable bonds is 7. The average Bonchev–Trinajstić information content (AvgIpc) is 2.72. The van der Waals surface area contributed by atoms with Crippen LogP contribution in [0.5, 0.6) is 5.75 Å². The van der Waals surface area contributed by atoms with E-state index in [0.29, 0.717) is 11.3 Å². The van der Waals surface area contributed by atoms with Crippen LogP contribution in [0, 0.1) is 31.6 Å². The van der Waals surface area contributed by atoms with Gasteiger partial charge >= 0.3 is 0 Å². The van der Waals surface area contributed by atoms with Crippen molar-refractivity contribution in [2.45, 2.75) is 37.7 Å². The predicted octanol–water partition coefficient (Wildman–Crippen LogP) is 1.30. The maximum absolute atomic E-state index is 12.7. The van der Waals surface area contributed by atoms with Crippen molar-refractivity contribution in [3.63, 3.8) is 0 Å². The first kappa shape index (κ1) is 22.5. The highest BCUT2D eigenvalue weighted by atomic mass is 17.0. The second-order valence-electron chi connectivity index (χ2n) is 7.50. The van der Waals surface area contributed by atoms with E-state index in [9.17, 15) is 35.4 Å². The topological polar surface area (TPSA) is 180 Å². The summed E-state index contributed by atoms with van der Waals surface area (Å²) in [4.78, 5) is 42.8. The molecule has 13 nitrogen and oxygen atoms in total. The Bertz CT molecular complexity index is 1150. The Morgan fingerprint density at radius 2 is 2.00 bits per heavy atom. The van der Waals surface area contributed by atoms with Crippen LogP contribution in [0.4, 0.5) is 0 Å². The van der Waals surface area contributed by atoms with Crippen molar-refractivity contribution >= 4 is 0 Å². The van der Waals surface area contributed by atoms with Gasteiger partial charge in [0, 0.05) is 17.8 Å². The molecule has 0 spiro atoms. The summed E-state index contributed by atoms with van der Waals surface area (Å²) in [5.41, 5.74) is -1.06. The van der Waals surface area contributed by atoms with Crippen molar-refractivity contribution in [1.82, 2.24) is 4.57 Å². The molecule has 3 rings (SSSR count). The summed E-state index contributed by atoms with van der Waals surface area (Å²) in [6, 6.07) is 7.79. The Morgan fingerprint density at radius 1 is 1.28 bits per heavy atom. The Hall–Kier alpha value is -4.18. The zero-order valence-electron chi connectivity index (χ0n) is 16.9. The number of aliphatic hydroxyl groups is 1. The molecule has 168 valence electrons. The first-order chi connectivity index (χ1) is 15.0. The monoisotopic (exact) mass is 446 g/mol. The Kier molecular flexibility index (Phi) is 5.99. The molecule has 13 heteroatoms. The minimum absolute atomic E-state index is 0.0256. The standard InChI is InChI=1S/C19H18N4O9/c1-19(2)18(25)17(13-7-11(8-20)3-5-14(13)31-19)21-9-12(4-6-16(21)24)15(32-23(28)29)10-30-22(26)27/h3-7,9,15,17-18,25H,10H2,1-2H3/t15?,17-,18+/m1/s1. The van der Waals surface area contributed by atoms with Crippen molar-refractivity contribution in [3.05, 3.63) is 83.8 Å². The van der Waals surface area contributed by atoms with Crippen LogP contribution in [-0.2, 0) is 9.68 Å². The fraction of sp³-hybridized carbons (Fsp3) is 0.368. The molecular weight excluding hydrogens is 428 g/mol. The molecule has 1 aromatic carbocycles. The molecule has 1 aromatic heterocycles. The van der Waals surface area contributed by atoms with Crippen molar-refractivity contribution in [3.8, 4) is 11.8 Å². The van der Waals surface area contributed by atoms with Crippen LogP contribution in [-0.4, -0.2) is 38.2 Å². The Labute approximate surface area is 180 Å². The van der Waals surface area contributed by atoms with E-state index in [1.807, 2.05) is 6.07 Å². The lowest BCUT2D eigenvalue weighted by Gasteiger charge is -2.42. The van der Waals surface area contributed by atoms with Crippen molar-refractivity contribution in [1.29, 1.82) is 5.26 Å². The molecule has 0 radical (unpaired) electrons. The second kappa shape index (κ2) is 8.52. The Balaban J connectivity index is 2.14. The second-order valence-corrected chi connectivity index (χ2v) is 7.50. The van der Waals surface area contributed by atoms with E-state index in [-0.39, 0.29) is 11.1 Å². The number of aliphatic hydroxyl groups excluding tert-OH is 1. The van der Waals surface area contributed by atoms with Gasteiger partial charge in [-0.2, -0.15) is 5.26 Å². The fourth-order valence-corrected chi connectivity index (χ4v) is 3.49. The lowest BCUT2D eigenvalue weighted by Crippen LogP contribution is -2.52. The van der Waals surface area contributed by atoms with Crippen LogP contribution < -0.4 is 10.3 Å². The number of fused-ring (bicyclic) bond motifs is 1. The van der Waals surface area contributed by atoms with Crippen molar-refractivity contribution in [2.24, 2.45) is 0 Å². The fourth-order valence-electron chi connectivity index (χ4n) is 3.49. The number of hydrogen-bond donors (Lipinski definition) is 1. The van der Waals surface area contributed by atoms with Gasteiger partial charge in [0.1, 0.15) is 24.1 Å². The summed E-state index contributed by atoms with van der Waals surface area (Å²) in [6.07, 6.45) is -1.59. The molecule has 2 heterocycles. The minimum Gasteiger partial charge on any atom is -0.485 e. The van der Waals surface area contributed by atoms with E-state index in [2.05, 4.69) is 9.68 Å². The summed E-state index contributed by atoms with van der Waals surface area (Å²) in [6.45, 7) is 2.43. The van der Waals surface area contributed by atoms with Gasteiger partial charge in [0.15, 0.2) is 6.10 Å². The highest BCUT2D eigenvalue weighted by molar-refractivity contribution is 5.47. The number of aromatic nitrogens is 1. The van der Waals surface area contributed by atoms with Gasteiger partial charge in [-0.25, -0.2) is 0 Å². The van der Waals surface area contributed by atoms with E-state index < -0.39 is 46.2 Å². The summed E-state index contributed by atoms with van der Waals surface area (Å²) in [7, 11) is 0. The maximum Gasteiger partial charge on any atom is 0.295 e. The van der Waals surface area contributed by atoms with Gasteiger partial charge in [0.2, 0.25) is 0 Å². The Morgan fingerprint density at radius 3 is 2.62 bits per heavy atom. The number of nitrogens with zero attached hydrogens (tertiary/aromatic N) is 4. The van der Waals surface area contributed by atoms with E-state index in [1.54, 1.807) is 19.9 Å². The molecule has 0 aliphatic carbocycles. The molecule has 0 amide bonds. The van der Waals surface area contributed by atoms with Gasteiger partial charge in [-0.3, -0.25) is 4.79 Å². The predicted molar refractivity (Wildman–Crippen MR) is 104 cm³/mol. The maximum atomic E-state index is 12.7. The normalized spacial score (nSPS) is 19.6. The van der Waals surface area contributed by atoms with Crippen LogP contribution in [0.1, 0.15) is 42.7 Å². The molecule has 0 saturated heterocycles. The molecule has 32 heavy (non-hydrogen) atoms. The summed E-state index contributed by atoms with van der Waals surface area (Å²) >= 11 is 0. The van der Waals surface area contributed by atoms with Crippen LogP contribution >= 0.6 is 0 Å². The zero-order valence-corrected chi connectivity index (χ0v) is 16.9. The molecule has 1 aliphatic rings. The zero-order chi connectivity index (χ0) is 23.6. The third kappa shape index (κ3) is 4.44.